The lowest BCUT2D eigenvalue weighted by Crippen LogP contribution is -1.64. The average molecular weight is 104 g/mol. The highest BCUT2D eigenvalue weighted by Crippen LogP contribution is 1.87. The zero-order chi connectivity index (χ0) is 4.99. The average Bonchev–Trinajstić information content (AvgIpc) is 1.35. The molecule has 0 bridgehead atoms. The van der Waals surface area contributed by atoms with Gasteiger partial charge < -0.3 is 0 Å². The number of hydrogen-bond acceptors (Lipinski definition) is 1. The van der Waals surface area contributed by atoms with Gasteiger partial charge in [-0.15, -0.1) is 0 Å². The van der Waals surface area contributed by atoms with Crippen molar-refractivity contribution in [3.63, 3.8) is 0 Å². The summed E-state index contributed by atoms with van der Waals surface area (Å²) in [6, 6.07) is 0. The van der Waals surface area contributed by atoms with E-state index in [1.54, 1.807) is 7.05 Å². The Morgan fingerprint density at radius 3 is 2.50 bits per heavy atom. The van der Waals surface area contributed by atoms with E-state index in [0.29, 0.717) is 5.03 Å². The first-order chi connectivity index (χ1) is 2.77. The summed E-state index contributed by atoms with van der Waals surface area (Å²) in [5.74, 6) is 0. The largest absolute Gasteiger partial charge is 0.295 e. The van der Waals surface area contributed by atoms with Gasteiger partial charge >= 0.3 is 0 Å². The van der Waals surface area contributed by atoms with Crippen LogP contribution < -0.4 is 0 Å². The van der Waals surface area contributed by atoms with Crippen molar-refractivity contribution in [3.8, 4) is 0 Å². The minimum atomic E-state index is 0.470. The van der Waals surface area contributed by atoms with E-state index in [-0.39, 0.29) is 0 Å². The van der Waals surface area contributed by atoms with Gasteiger partial charge in [-0.2, -0.15) is 0 Å². The normalized spacial score (nSPS) is 9.67. The Balaban J connectivity index is 3.30. The van der Waals surface area contributed by atoms with Gasteiger partial charge in [-0.3, -0.25) is 4.99 Å². The molecule has 0 aromatic rings. The van der Waals surface area contributed by atoms with Crippen molar-refractivity contribution in [1.82, 2.24) is 0 Å². The molecular weight excluding hydrogens is 97.5 g/mol. The molecule has 0 saturated heterocycles. The second kappa shape index (κ2) is 2.91. The van der Waals surface area contributed by atoms with Gasteiger partial charge in [-0.05, 0) is 0 Å². The van der Waals surface area contributed by atoms with Crippen molar-refractivity contribution in [2.24, 2.45) is 4.99 Å². The molecule has 0 aliphatic rings. The minimum Gasteiger partial charge on any atom is -0.295 e. The highest BCUT2D eigenvalue weighted by Gasteiger charge is 1.68. The van der Waals surface area contributed by atoms with E-state index in [0.717, 1.165) is 0 Å². The van der Waals surface area contributed by atoms with Gasteiger partial charge in [-0.25, -0.2) is 0 Å². The van der Waals surface area contributed by atoms with E-state index in [1.807, 2.05) is 0 Å². The molecule has 0 spiro atoms. The number of aliphatic imine (C=N–C) groups is 1. The molecule has 0 atom stereocenters. The van der Waals surface area contributed by atoms with E-state index >= 15 is 0 Å². The number of rotatable bonds is 1. The van der Waals surface area contributed by atoms with Crippen molar-refractivity contribution in [1.29, 1.82) is 0 Å². The maximum absolute atomic E-state index is 5.23. The molecule has 0 saturated carbocycles. The molecule has 0 rings (SSSR count). The first-order valence-corrected chi connectivity index (χ1v) is 1.91. The fraction of sp³-hybridized carbons (Fsp3) is 0.250. The first kappa shape index (κ1) is 5.70. The van der Waals surface area contributed by atoms with Crippen molar-refractivity contribution >= 4 is 17.8 Å². The lowest BCUT2D eigenvalue weighted by Gasteiger charge is -1.72. The van der Waals surface area contributed by atoms with E-state index in [9.17, 15) is 0 Å². The summed E-state index contributed by atoms with van der Waals surface area (Å²) < 4.78 is 0. The summed E-state index contributed by atoms with van der Waals surface area (Å²) in [6.07, 6.45) is 1.49. The highest BCUT2D eigenvalue weighted by molar-refractivity contribution is 6.38. The second-order valence-electron chi connectivity index (χ2n) is 0.834. The standard InChI is InChI=1S/C4H6ClN/c1-4(5)3-6-2/h3H,1H2,2H3. The first-order valence-electron chi connectivity index (χ1n) is 1.54. The van der Waals surface area contributed by atoms with E-state index in [4.69, 9.17) is 11.6 Å². The van der Waals surface area contributed by atoms with Gasteiger partial charge in [0.25, 0.3) is 0 Å². The Bertz CT molecular complexity index is 75.6. The van der Waals surface area contributed by atoms with Gasteiger partial charge in [0.1, 0.15) is 0 Å². The highest BCUT2D eigenvalue weighted by atomic mass is 35.5. The molecular formula is C4H6ClN. The molecule has 0 N–H and O–H groups in total. The molecule has 0 radical (unpaired) electrons. The van der Waals surface area contributed by atoms with Crippen molar-refractivity contribution in [2.75, 3.05) is 7.05 Å². The predicted molar refractivity (Wildman–Crippen MR) is 29.4 cm³/mol. The van der Waals surface area contributed by atoms with Crippen LogP contribution in [0.4, 0.5) is 0 Å². The van der Waals surface area contributed by atoms with Crippen LogP contribution in [0.5, 0.6) is 0 Å². The van der Waals surface area contributed by atoms with E-state index < -0.39 is 0 Å². The lowest BCUT2D eigenvalue weighted by molar-refractivity contribution is 1.47. The molecule has 0 aliphatic heterocycles. The van der Waals surface area contributed by atoms with Crippen molar-refractivity contribution in [3.05, 3.63) is 11.6 Å². The molecule has 0 aliphatic carbocycles. The Kier molecular flexibility index (Phi) is 2.77. The van der Waals surface area contributed by atoms with Gasteiger partial charge in [0.2, 0.25) is 0 Å². The fourth-order valence-corrected chi connectivity index (χ4v) is 0.238. The summed E-state index contributed by atoms with van der Waals surface area (Å²) in [6.45, 7) is 3.36. The maximum Gasteiger partial charge on any atom is 0.0512 e. The summed E-state index contributed by atoms with van der Waals surface area (Å²) in [5.41, 5.74) is 0. The number of hydrogen-bond donors (Lipinski definition) is 0. The van der Waals surface area contributed by atoms with Crippen molar-refractivity contribution in [2.45, 2.75) is 0 Å². The third-order valence-electron chi connectivity index (χ3n) is 0.269. The molecule has 0 amide bonds. The van der Waals surface area contributed by atoms with Crippen LogP contribution in [0.3, 0.4) is 0 Å². The molecule has 0 aromatic carbocycles. The second-order valence-corrected chi connectivity index (χ2v) is 1.32. The van der Waals surface area contributed by atoms with Crippen LogP contribution in [0, 0.1) is 0 Å². The van der Waals surface area contributed by atoms with Crippen LogP contribution in [0.15, 0.2) is 16.6 Å². The fourth-order valence-electron chi connectivity index (χ4n) is 0.140. The van der Waals surface area contributed by atoms with Crippen LogP contribution in [0.25, 0.3) is 0 Å². The van der Waals surface area contributed by atoms with E-state index in [2.05, 4.69) is 11.6 Å². The summed E-state index contributed by atoms with van der Waals surface area (Å²) in [7, 11) is 1.65. The smallest absolute Gasteiger partial charge is 0.0512 e. The van der Waals surface area contributed by atoms with Crippen LogP contribution in [0.1, 0.15) is 0 Å². The van der Waals surface area contributed by atoms with Gasteiger partial charge in [0.15, 0.2) is 0 Å². The van der Waals surface area contributed by atoms with Gasteiger partial charge in [-0.1, -0.05) is 18.2 Å². The number of nitrogens with zero attached hydrogens (tertiary/aromatic N) is 1. The Hall–Kier alpha value is -0.300. The molecule has 0 heterocycles. The lowest BCUT2D eigenvalue weighted by atomic mass is 10.7. The van der Waals surface area contributed by atoms with Crippen LogP contribution in [0.2, 0.25) is 0 Å². The summed E-state index contributed by atoms with van der Waals surface area (Å²) in [4.78, 5) is 3.58. The minimum absolute atomic E-state index is 0.470. The Morgan fingerprint density at radius 1 is 2.00 bits per heavy atom. The Morgan fingerprint density at radius 2 is 2.50 bits per heavy atom. The topological polar surface area (TPSA) is 12.4 Å². The SMILES string of the molecule is C=C(Cl)C=NC. The number of halogens is 1. The maximum atomic E-state index is 5.23. The molecule has 0 aromatic heterocycles. The van der Waals surface area contributed by atoms with Crippen molar-refractivity contribution < 1.29 is 0 Å². The van der Waals surface area contributed by atoms with Crippen LogP contribution >= 0.6 is 11.6 Å². The van der Waals surface area contributed by atoms with Crippen LogP contribution in [-0.4, -0.2) is 13.3 Å². The molecule has 6 heavy (non-hydrogen) atoms. The zero-order valence-electron chi connectivity index (χ0n) is 3.61. The van der Waals surface area contributed by atoms with Crippen LogP contribution in [-0.2, 0) is 0 Å². The Labute approximate surface area is 42.3 Å². The monoisotopic (exact) mass is 103 g/mol. The summed E-state index contributed by atoms with van der Waals surface area (Å²) >= 11 is 5.23. The predicted octanol–water partition coefficient (Wildman–Crippen LogP) is 1.44. The van der Waals surface area contributed by atoms with Gasteiger partial charge in [0.05, 0.1) is 5.03 Å². The zero-order valence-corrected chi connectivity index (χ0v) is 4.37. The summed E-state index contributed by atoms with van der Waals surface area (Å²) in [5, 5.41) is 0.470. The molecule has 1 nitrogen and oxygen atoms in total. The molecule has 34 valence electrons. The number of allylic oxidation sites excluding steroid dienone is 1. The van der Waals surface area contributed by atoms with Gasteiger partial charge in [0, 0.05) is 13.3 Å². The quantitative estimate of drug-likeness (QED) is 0.446. The molecule has 0 fully saturated rings. The van der Waals surface area contributed by atoms with E-state index in [1.165, 1.54) is 6.21 Å². The third-order valence-corrected chi connectivity index (χ3v) is 0.367. The molecule has 0 unspecified atom stereocenters. The molecule has 2 heteroatoms. The third kappa shape index (κ3) is 3.70.